The summed E-state index contributed by atoms with van der Waals surface area (Å²) in [7, 11) is 1.23. The molecule has 0 atom stereocenters. The van der Waals surface area contributed by atoms with Crippen LogP contribution < -0.4 is 4.74 Å². The highest BCUT2D eigenvalue weighted by Crippen LogP contribution is 2.59. The molecule has 2 heterocycles. The summed E-state index contributed by atoms with van der Waals surface area (Å²) >= 11 is 6.02. The van der Waals surface area contributed by atoms with Crippen molar-refractivity contribution in [3.63, 3.8) is 0 Å². The number of methoxy groups -OCH3 is 1. The molecule has 0 N–H and O–H groups in total. The Labute approximate surface area is 151 Å². The topological polar surface area (TPSA) is 66.2 Å². The number of nitrogens with zero attached hydrogens (tertiary/aromatic N) is 3. The van der Waals surface area contributed by atoms with Crippen LogP contribution in [0.3, 0.4) is 0 Å². The number of rotatable bonds is 6. The Kier molecular flexibility index (Phi) is 4.83. The predicted octanol–water partition coefficient (Wildman–Crippen LogP) is 3.82. The largest absolute Gasteiger partial charge is 0.477 e. The van der Waals surface area contributed by atoms with E-state index in [2.05, 4.69) is 14.8 Å². The first-order chi connectivity index (χ1) is 12.3. The number of alkyl halides is 3. The van der Waals surface area contributed by atoms with E-state index in [4.69, 9.17) is 16.3 Å². The Morgan fingerprint density at radius 2 is 2.15 bits per heavy atom. The van der Waals surface area contributed by atoms with Crippen molar-refractivity contribution in [3.8, 4) is 11.7 Å². The fourth-order valence-corrected chi connectivity index (χ4v) is 2.72. The fraction of sp³-hybridized carbons (Fsp3) is 0.438. The fourth-order valence-electron chi connectivity index (χ4n) is 2.50. The van der Waals surface area contributed by atoms with Gasteiger partial charge in [-0.25, -0.2) is 14.5 Å². The maximum atomic E-state index is 12.9. The number of carbonyl (C=O) groups excluding carboxylic acids is 1. The van der Waals surface area contributed by atoms with Crippen molar-refractivity contribution >= 4 is 17.6 Å². The molecule has 10 heteroatoms. The number of halogens is 4. The first kappa shape index (κ1) is 18.5. The monoisotopic (exact) mass is 389 g/mol. The van der Waals surface area contributed by atoms with Crippen molar-refractivity contribution in [1.29, 1.82) is 0 Å². The first-order valence-corrected chi connectivity index (χ1v) is 8.13. The molecular weight excluding hydrogens is 375 g/mol. The van der Waals surface area contributed by atoms with E-state index in [-0.39, 0.29) is 42.3 Å². The van der Waals surface area contributed by atoms with Crippen LogP contribution in [0.5, 0.6) is 5.88 Å². The van der Waals surface area contributed by atoms with E-state index in [0.717, 1.165) is 0 Å². The Hall–Kier alpha value is -2.29. The van der Waals surface area contributed by atoms with Crippen molar-refractivity contribution in [2.75, 3.05) is 13.7 Å². The summed E-state index contributed by atoms with van der Waals surface area (Å²) < 4.78 is 49.9. The van der Waals surface area contributed by atoms with Crippen molar-refractivity contribution < 1.29 is 27.4 Å². The lowest BCUT2D eigenvalue weighted by molar-refractivity contribution is -0.190. The van der Waals surface area contributed by atoms with Gasteiger partial charge in [-0.05, 0) is 19.3 Å². The molecule has 3 rings (SSSR count). The van der Waals surface area contributed by atoms with Crippen LogP contribution in [0.2, 0.25) is 5.02 Å². The lowest BCUT2D eigenvalue weighted by atomic mass is 10.0. The third kappa shape index (κ3) is 3.62. The first-order valence-electron chi connectivity index (χ1n) is 7.75. The summed E-state index contributed by atoms with van der Waals surface area (Å²) in [4.78, 5) is 15.6. The standard InChI is InChI=1S/C16H15ClF3N3O3/c1-25-14(24)10-9-21-12(8-11(10)17)23-6-2-13(22-23)26-7-5-15(3-4-15)16(18,19)20/h2,6,8-9H,3-5,7H2,1H3. The molecule has 0 aliphatic heterocycles. The van der Waals surface area contributed by atoms with Crippen LogP contribution in [0.15, 0.2) is 24.5 Å². The Balaban J connectivity index is 1.63. The summed E-state index contributed by atoms with van der Waals surface area (Å²) in [6, 6.07) is 2.93. The quantitative estimate of drug-likeness (QED) is 0.703. The third-order valence-electron chi connectivity index (χ3n) is 4.33. The zero-order valence-electron chi connectivity index (χ0n) is 13.7. The Morgan fingerprint density at radius 3 is 2.73 bits per heavy atom. The minimum Gasteiger partial charge on any atom is -0.477 e. The number of hydrogen-bond acceptors (Lipinski definition) is 5. The molecule has 1 aliphatic rings. The van der Waals surface area contributed by atoms with Gasteiger partial charge in [-0.1, -0.05) is 11.6 Å². The third-order valence-corrected chi connectivity index (χ3v) is 4.64. The van der Waals surface area contributed by atoms with Gasteiger partial charge in [-0.2, -0.15) is 13.2 Å². The molecule has 0 saturated heterocycles. The second kappa shape index (κ2) is 6.79. The van der Waals surface area contributed by atoms with Crippen LogP contribution in [-0.2, 0) is 4.74 Å². The molecule has 2 aromatic rings. The number of carbonyl (C=O) groups is 1. The summed E-state index contributed by atoms with van der Waals surface area (Å²) in [5.41, 5.74) is -1.49. The highest BCUT2D eigenvalue weighted by molar-refractivity contribution is 6.33. The average molecular weight is 390 g/mol. The van der Waals surface area contributed by atoms with E-state index < -0.39 is 17.6 Å². The minimum absolute atomic E-state index is 0.0774. The zero-order chi connectivity index (χ0) is 18.9. The highest BCUT2D eigenvalue weighted by atomic mass is 35.5. The van der Waals surface area contributed by atoms with Gasteiger partial charge in [0.1, 0.15) is 0 Å². The molecule has 140 valence electrons. The number of esters is 1. The van der Waals surface area contributed by atoms with Crippen LogP contribution in [0.25, 0.3) is 5.82 Å². The van der Waals surface area contributed by atoms with Crippen molar-refractivity contribution in [1.82, 2.24) is 14.8 Å². The molecular formula is C16H15ClF3N3O3. The van der Waals surface area contributed by atoms with Gasteiger partial charge in [-0.3, -0.25) is 0 Å². The van der Waals surface area contributed by atoms with Gasteiger partial charge in [0, 0.05) is 24.5 Å². The van der Waals surface area contributed by atoms with Crippen molar-refractivity contribution in [2.45, 2.75) is 25.4 Å². The van der Waals surface area contributed by atoms with E-state index in [1.165, 1.54) is 36.3 Å². The molecule has 1 saturated carbocycles. The number of ether oxygens (including phenoxy) is 2. The molecule has 0 aromatic carbocycles. The summed E-state index contributed by atoms with van der Waals surface area (Å²) in [6.07, 6.45) is -1.22. The van der Waals surface area contributed by atoms with Crippen LogP contribution in [-0.4, -0.2) is 40.6 Å². The van der Waals surface area contributed by atoms with Crippen molar-refractivity contribution in [3.05, 3.63) is 35.1 Å². The lowest BCUT2D eigenvalue weighted by Crippen LogP contribution is -2.26. The van der Waals surface area contributed by atoms with Gasteiger partial charge in [-0.15, -0.1) is 5.10 Å². The molecule has 0 radical (unpaired) electrons. The average Bonchev–Trinajstić information content (AvgIpc) is 3.25. The summed E-state index contributed by atoms with van der Waals surface area (Å²) in [5.74, 6) is -0.110. The van der Waals surface area contributed by atoms with Gasteiger partial charge in [0.15, 0.2) is 5.82 Å². The van der Waals surface area contributed by atoms with Gasteiger partial charge < -0.3 is 9.47 Å². The van der Waals surface area contributed by atoms with Gasteiger partial charge in [0.2, 0.25) is 5.88 Å². The Morgan fingerprint density at radius 1 is 1.42 bits per heavy atom. The van der Waals surface area contributed by atoms with E-state index in [1.54, 1.807) is 0 Å². The van der Waals surface area contributed by atoms with Crippen LogP contribution >= 0.6 is 11.6 Å². The highest BCUT2D eigenvalue weighted by Gasteiger charge is 2.62. The summed E-state index contributed by atoms with van der Waals surface area (Å²) in [6.45, 7) is -0.0774. The number of hydrogen-bond donors (Lipinski definition) is 0. The van der Waals surface area contributed by atoms with E-state index in [1.807, 2.05) is 0 Å². The van der Waals surface area contributed by atoms with E-state index in [9.17, 15) is 18.0 Å². The molecule has 1 fully saturated rings. The van der Waals surface area contributed by atoms with Crippen LogP contribution in [0, 0.1) is 5.41 Å². The van der Waals surface area contributed by atoms with Gasteiger partial charge in [0.05, 0.1) is 29.7 Å². The van der Waals surface area contributed by atoms with E-state index in [0.29, 0.717) is 5.82 Å². The SMILES string of the molecule is COC(=O)c1cnc(-n2ccc(OCCC3(C(F)(F)F)CC3)n2)cc1Cl. The lowest BCUT2D eigenvalue weighted by Gasteiger charge is -2.18. The molecule has 26 heavy (non-hydrogen) atoms. The smallest absolute Gasteiger partial charge is 0.394 e. The maximum Gasteiger partial charge on any atom is 0.394 e. The molecule has 0 amide bonds. The predicted molar refractivity (Wildman–Crippen MR) is 85.5 cm³/mol. The summed E-state index contributed by atoms with van der Waals surface area (Å²) in [5, 5.41) is 4.23. The molecule has 0 spiro atoms. The zero-order valence-corrected chi connectivity index (χ0v) is 14.5. The molecule has 6 nitrogen and oxygen atoms in total. The normalized spacial score (nSPS) is 15.6. The second-order valence-corrected chi connectivity index (χ2v) is 6.40. The number of aromatic nitrogens is 3. The van der Waals surface area contributed by atoms with Gasteiger partial charge >= 0.3 is 12.1 Å². The van der Waals surface area contributed by atoms with E-state index >= 15 is 0 Å². The second-order valence-electron chi connectivity index (χ2n) is 5.99. The van der Waals surface area contributed by atoms with Crippen LogP contribution in [0.4, 0.5) is 13.2 Å². The molecule has 2 aromatic heterocycles. The van der Waals surface area contributed by atoms with Gasteiger partial charge in [0.25, 0.3) is 0 Å². The molecule has 1 aliphatic carbocycles. The van der Waals surface area contributed by atoms with Crippen molar-refractivity contribution in [2.24, 2.45) is 5.41 Å². The maximum absolute atomic E-state index is 12.9. The number of pyridine rings is 1. The Bertz CT molecular complexity index is 819. The minimum atomic E-state index is -4.20. The molecule has 0 bridgehead atoms. The van der Waals surface area contributed by atoms with Crippen LogP contribution in [0.1, 0.15) is 29.6 Å². The molecule has 0 unspecified atom stereocenters.